The summed E-state index contributed by atoms with van der Waals surface area (Å²) < 4.78 is 0. The highest BCUT2D eigenvalue weighted by molar-refractivity contribution is 5.66. The van der Waals surface area contributed by atoms with Gasteiger partial charge in [-0.3, -0.25) is 4.90 Å². The van der Waals surface area contributed by atoms with Crippen LogP contribution in [0.15, 0.2) is 54.6 Å². The zero-order valence-corrected chi connectivity index (χ0v) is 16.2. The van der Waals surface area contributed by atoms with Gasteiger partial charge in [0.15, 0.2) is 0 Å². The minimum absolute atomic E-state index is 0.349. The van der Waals surface area contributed by atoms with Gasteiger partial charge in [-0.05, 0) is 55.5 Å². The molecular weight excluding hydrogens is 332 g/mol. The first-order valence-electron chi connectivity index (χ1n) is 10.3. The van der Waals surface area contributed by atoms with E-state index in [4.69, 9.17) is 0 Å². The number of nitrogens with one attached hydrogen (secondary N) is 1. The van der Waals surface area contributed by atoms with Crippen LogP contribution in [0.3, 0.4) is 0 Å². The van der Waals surface area contributed by atoms with Crippen LogP contribution in [0.5, 0.6) is 5.75 Å². The number of benzene rings is 2. The van der Waals surface area contributed by atoms with E-state index in [0.29, 0.717) is 17.7 Å². The molecule has 2 N–H and O–H groups in total. The molecule has 0 bridgehead atoms. The van der Waals surface area contributed by atoms with Crippen LogP contribution in [0, 0.1) is 0 Å². The Morgan fingerprint density at radius 3 is 2.74 bits per heavy atom. The Morgan fingerprint density at radius 1 is 1.11 bits per heavy atom. The van der Waals surface area contributed by atoms with Crippen molar-refractivity contribution in [2.75, 3.05) is 25.0 Å². The number of unbranched alkanes of at least 4 members (excludes halogenated alkanes) is 1. The Bertz CT molecular complexity index is 799. The maximum atomic E-state index is 9.67. The third-order valence-corrected chi connectivity index (χ3v) is 6.10. The highest BCUT2D eigenvalue weighted by Gasteiger charge is 2.28. The molecule has 2 unspecified atom stereocenters. The van der Waals surface area contributed by atoms with Crippen molar-refractivity contribution in [3.63, 3.8) is 0 Å². The molecule has 4 rings (SSSR count). The summed E-state index contributed by atoms with van der Waals surface area (Å²) in [5, 5.41) is 13.2. The Kier molecular flexibility index (Phi) is 5.49. The normalized spacial score (nSPS) is 22.2. The van der Waals surface area contributed by atoms with Gasteiger partial charge in [-0.1, -0.05) is 48.9 Å². The first-order valence-corrected chi connectivity index (χ1v) is 10.3. The molecule has 0 saturated carbocycles. The number of phenolic OH excluding ortho intramolecular Hbond substituents is 1. The second kappa shape index (κ2) is 8.18. The zero-order chi connectivity index (χ0) is 18.6. The first kappa shape index (κ1) is 18.1. The molecule has 0 radical (unpaired) electrons. The standard InChI is InChI=1S/C24H30N2O/c1-18-22(23-11-10-21(27)17-24(23)25-18)9-5-6-14-26-15-12-20(13-16-26)19-7-3-2-4-8-19/h2-4,7-8,10-12,17-18,22,25,27H,5-6,9,13-16H2,1H3. The van der Waals surface area contributed by atoms with E-state index in [9.17, 15) is 5.11 Å². The summed E-state index contributed by atoms with van der Waals surface area (Å²) in [5.74, 6) is 0.911. The molecule has 0 saturated heterocycles. The second-order valence-electron chi connectivity index (χ2n) is 7.95. The van der Waals surface area contributed by atoms with Crippen LogP contribution in [0.1, 0.15) is 49.7 Å². The number of rotatable bonds is 6. The number of hydrogen-bond donors (Lipinski definition) is 2. The molecule has 142 valence electrons. The monoisotopic (exact) mass is 362 g/mol. The van der Waals surface area contributed by atoms with Gasteiger partial charge < -0.3 is 10.4 Å². The van der Waals surface area contributed by atoms with Gasteiger partial charge in [-0.25, -0.2) is 0 Å². The van der Waals surface area contributed by atoms with Crippen LogP contribution in [0.4, 0.5) is 5.69 Å². The van der Waals surface area contributed by atoms with Crippen molar-refractivity contribution in [1.82, 2.24) is 4.90 Å². The number of aromatic hydroxyl groups is 1. The fraction of sp³-hybridized carbons (Fsp3) is 0.417. The molecule has 2 atom stereocenters. The number of nitrogens with zero attached hydrogens (tertiary/aromatic N) is 1. The molecule has 0 spiro atoms. The average Bonchev–Trinajstić information content (AvgIpc) is 3.00. The molecule has 2 aliphatic heterocycles. The van der Waals surface area contributed by atoms with Crippen molar-refractivity contribution in [2.45, 2.75) is 44.6 Å². The summed E-state index contributed by atoms with van der Waals surface area (Å²) in [6.45, 7) is 5.69. The largest absolute Gasteiger partial charge is 0.508 e. The highest BCUT2D eigenvalue weighted by atomic mass is 16.3. The summed E-state index contributed by atoms with van der Waals surface area (Å²) in [4.78, 5) is 2.58. The van der Waals surface area contributed by atoms with Crippen LogP contribution in [-0.4, -0.2) is 35.7 Å². The molecule has 2 aromatic rings. The van der Waals surface area contributed by atoms with Gasteiger partial charge in [0, 0.05) is 36.8 Å². The first-order chi connectivity index (χ1) is 13.2. The Balaban J connectivity index is 1.23. The number of phenols is 1. The minimum Gasteiger partial charge on any atom is -0.508 e. The lowest BCUT2D eigenvalue weighted by Gasteiger charge is -2.26. The average molecular weight is 363 g/mol. The summed E-state index contributed by atoms with van der Waals surface area (Å²) in [5.41, 5.74) is 5.36. The maximum Gasteiger partial charge on any atom is 0.117 e. The predicted molar refractivity (Wildman–Crippen MR) is 113 cm³/mol. The van der Waals surface area contributed by atoms with Gasteiger partial charge in [0.1, 0.15) is 5.75 Å². The molecule has 2 aromatic carbocycles. The van der Waals surface area contributed by atoms with E-state index in [1.807, 2.05) is 12.1 Å². The van der Waals surface area contributed by atoms with E-state index in [1.165, 1.54) is 49.1 Å². The zero-order valence-electron chi connectivity index (χ0n) is 16.2. The summed E-state index contributed by atoms with van der Waals surface area (Å²) in [6, 6.07) is 17.0. The van der Waals surface area contributed by atoms with Crippen molar-refractivity contribution < 1.29 is 5.11 Å². The van der Waals surface area contributed by atoms with Crippen LogP contribution >= 0.6 is 0 Å². The summed E-state index contributed by atoms with van der Waals surface area (Å²) in [6.07, 6.45) is 7.29. The van der Waals surface area contributed by atoms with E-state index in [1.54, 1.807) is 0 Å². The molecule has 27 heavy (non-hydrogen) atoms. The van der Waals surface area contributed by atoms with Gasteiger partial charge >= 0.3 is 0 Å². The molecule has 3 heteroatoms. The van der Waals surface area contributed by atoms with Crippen molar-refractivity contribution in [2.24, 2.45) is 0 Å². The van der Waals surface area contributed by atoms with Gasteiger partial charge in [0.25, 0.3) is 0 Å². The highest BCUT2D eigenvalue weighted by Crippen LogP contribution is 2.40. The molecule has 0 aliphatic carbocycles. The van der Waals surface area contributed by atoms with Gasteiger partial charge in [0.2, 0.25) is 0 Å². The summed E-state index contributed by atoms with van der Waals surface area (Å²) in [7, 11) is 0. The SMILES string of the molecule is CC1Nc2cc(O)ccc2C1CCCCN1CC=C(c2ccccc2)CC1. The minimum atomic E-state index is 0.349. The van der Waals surface area contributed by atoms with Crippen LogP contribution in [0.2, 0.25) is 0 Å². The van der Waals surface area contributed by atoms with E-state index < -0.39 is 0 Å². The van der Waals surface area contributed by atoms with Crippen molar-refractivity contribution in [3.05, 3.63) is 65.7 Å². The fourth-order valence-corrected chi connectivity index (χ4v) is 4.54. The number of hydrogen-bond acceptors (Lipinski definition) is 3. The quantitative estimate of drug-likeness (QED) is 0.689. The van der Waals surface area contributed by atoms with E-state index >= 15 is 0 Å². The Labute approximate surface area is 162 Å². The van der Waals surface area contributed by atoms with Crippen LogP contribution in [-0.2, 0) is 0 Å². The topological polar surface area (TPSA) is 35.5 Å². The smallest absolute Gasteiger partial charge is 0.117 e. The fourth-order valence-electron chi connectivity index (χ4n) is 4.54. The predicted octanol–water partition coefficient (Wildman–Crippen LogP) is 5.25. The molecule has 2 heterocycles. The lowest BCUT2D eigenvalue weighted by atomic mass is 9.90. The molecule has 0 fully saturated rings. The lowest BCUT2D eigenvalue weighted by molar-refractivity contribution is 0.292. The van der Waals surface area contributed by atoms with Crippen molar-refractivity contribution in [3.8, 4) is 5.75 Å². The number of anilines is 1. The third-order valence-electron chi connectivity index (χ3n) is 6.10. The third kappa shape index (κ3) is 4.19. The molecule has 3 nitrogen and oxygen atoms in total. The molecule has 0 aromatic heterocycles. The van der Waals surface area contributed by atoms with E-state index in [2.05, 4.69) is 59.6 Å². The Morgan fingerprint density at radius 2 is 1.96 bits per heavy atom. The molecule has 2 aliphatic rings. The second-order valence-corrected chi connectivity index (χ2v) is 7.95. The maximum absolute atomic E-state index is 9.67. The van der Waals surface area contributed by atoms with Gasteiger partial charge in [-0.2, -0.15) is 0 Å². The number of fused-ring (bicyclic) bond motifs is 1. The lowest BCUT2D eigenvalue weighted by Crippen LogP contribution is -2.29. The summed E-state index contributed by atoms with van der Waals surface area (Å²) >= 11 is 0. The van der Waals surface area contributed by atoms with Gasteiger partial charge in [-0.15, -0.1) is 0 Å². The van der Waals surface area contributed by atoms with Crippen molar-refractivity contribution >= 4 is 11.3 Å². The van der Waals surface area contributed by atoms with Crippen molar-refractivity contribution in [1.29, 1.82) is 0 Å². The molecule has 0 amide bonds. The molecular formula is C24H30N2O. The van der Waals surface area contributed by atoms with E-state index in [-0.39, 0.29) is 0 Å². The van der Waals surface area contributed by atoms with E-state index in [0.717, 1.165) is 18.7 Å². The van der Waals surface area contributed by atoms with Crippen LogP contribution in [0.25, 0.3) is 5.57 Å². The van der Waals surface area contributed by atoms with Gasteiger partial charge in [0.05, 0.1) is 0 Å². The van der Waals surface area contributed by atoms with Crippen LogP contribution < -0.4 is 5.32 Å². The Hall–Kier alpha value is -2.26.